The number of halogens is 1. The summed E-state index contributed by atoms with van der Waals surface area (Å²) in [6.07, 6.45) is 1.31. The molecule has 0 aliphatic carbocycles. The number of hydrogen-bond donors (Lipinski definition) is 2. The molecular formula is C24H26ClN5O4S3. The predicted octanol–water partition coefficient (Wildman–Crippen LogP) is 3.36. The topological polar surface area (TPSA) is 127 Å². The molecule has 2 N–H and O–H groups in total. The quantitative estimate of drug-likeness (QED) is 0.458. The summed E-state index contributed by atoms with van der Waals surface area (Å²) in [5, 5.41) is 24.2. The van der Waals surface area contributed by atoms with Gasteiger partial charge in [0.1, 0.15) is 4.21 Å². The van der Waals surface area contributed by atoms with E-state index < -0.39 is 22.7 Å². The molecule has 2 aromatic heterocycles. The van der Waals surface area contributed by atoms with Crippen molar-refractivity contribution in [3.8, 4) is 6.07 Å². The molecule has 1 aromatic carbocycles. The Balaban J connectivity index is 1.42. The van der Waals surface area contributed by atoms with Crippen molar-refractivity contribution in [2.75, 3.05) is 19.6 Å². The Morgan fingerprint density at radius 3 is 2.92 bits per heavy atom. The number of carbonyl (C=O) groups is 1. The first-order chi connectivity index (χ1) is 17.7. The van der Waals surface area contributed by atoms with Gasteiger partial charge in [0, 0.05) is 71.3 Å². The summed E-state index contributed by atoms with van der Waals surface area (Å²) >= 11 is 8.56. The van der Waals surface area contributed by atoms with Gasteiger partial charge in [0.05, 0.1) is 18.4 Å². The lowest BCUT2D eigenvalue weighted by Gasteiger charge is -2.40. The summed E-state index contributed by atoms with van der Waals surface area (Å²) in [7, 11) is -3.95. The molecular weight excluding hydrogens is 554 g/mol. The van der Waals surface area contributed by atoms with Crippen LogP contribution in [0.5, 0.6) is 0 Å². The van der Waals surface area contributed by atoms with Gasteiger partial charge in [-0.25, -0.2) is 13.4 Å². The van der Waals surface area contributed by atoms with E-state index in [1.807, 2.05) is 0 Å². The molecule has 2 unspecified atom stereocenters. The third-order valence-electron chi connectivity index (χ3n) is 6.82. The number of nitrogens with zero attached hydrogens (tertiary/aromatic N) is 4. The van der Waals surface area contributed by atoms with Gasteiger partial charge in [0.25, 0.3) is 15.9 Å². The Morgan fingerprint density at radius 2 is 2.16 bits per heavy atom. The Bertz CT molecular complexity index is 1500. The van der Waals surface area contributed by atoms with E-state index in [1.165, 1.54) is 15.6 Å². The number of rotatable bonds is 6. The van der Waals surface area contributed by atoms with Crippen LogP contribution in [-0.2, 0) is 29.6 Å². The van der Waals surface area contributed by atoms with Crippen LogP contribution in [0.15, 0.2) is 22.4 Å². The number of benzene rings is 1. The molecule has 2 aliphatic heterocycles. The molecule has 1 saturated heterocycles. The van der Waals surface area contributed by atoms with Crippen molar-refractivity contribution in [3.63, 3.8) is 0 Å². The molecule has 4 heterocycles. The first kappa shape index (κ1) is 26.5. The molecule has 5 rings (SSSR count). The van der Waals surface area contributed by atoms with Gasteiger partial charge < -0.3 is 15.3 Å². The van der Waals surface area contributed by atoms with E-state index in [4.69, 9.17) is 11.6 Å². The molecule has 0 bridgehead atoms. The fraction of sp³-hybridized carbons (Fsp3) is 0.458. The Morgan fingerprint density at radius 1 is 1.35 bits per heavy atom. The van der Waals surface area contributed by atoms with Gasteiger partial charge in [-0.1, -0.05) is 17.7 Å². The lowest BCUT2D eigenvalue weighted by Crippen LogP contribution is -2.56. The zero-order chi connectivity index (χ0) is 26.3. The van der Waals surface area contributed by atoms with E-state index in [0.717, 1.165) is 28.3 Å². The molecule has 0 radical (unpaired) electrons. The first-order valence-electron chi connectivity index (χ1n) is 11.9. The van der Waals surface area contributed by atoms with E-state index in [9.17, 15) is 23.6 Å². The maximum Gasteiger partial charge on any atom is 0.283 e. The first-order valence-corrected chi connectivity index (χ1v) is 15.4. The average Bonchev–Trinajstić information content (AvgIpc) is 3.47. The largest absolute Gasteiger partial charge is 0.392 e. The highest BCUT2D eigenvalue weighted by molar-refractivity contribution is 7.91. The third-order valence-corrected chi connectivity index (χ3v) is 11.7. The van der Waals surface area contributed by atoms with Gasteiger partial charge in [0.2, 0.25) is 0 Å². The molecule has 196 valence electrons. The second-order valence-electron chi connectivity index (χ2n) is 9.25. The molecule has 3 aromatic rings. The maximum absolute atomic E-state index is 13.8. The van der Waals surface area contributed by atoms with E-state index in [2.05, 4.69) is 23.3 Å². The van der Waals surface area contributed by atoms with Crippen LogP contribution in [0.1, 0.15) is 45.7 Å². The zero-order valence-electron chi connectivity index (χ0n) is 20.1. The molecule has 0 saturated carbocycles. The molecule has 2 atom stereocenters. The SMILES string of the molecule is CC1Cc2nc(C(=O)N3CCN(S(=O)(=O)c4sc5cc(Cl)ccc5c4CO)CC3CCC#N)sc2CN1. The minimum absolute atomic E-state index is 0.0688. The standard InChI is InChI=1S/C24H26ClN5O4S3/c1-14-9-19-21(11-27-14)35-22(28-19)23(32)30-8-7-29(12-16(30)3-2-6-26)37(33,34)24-18(13-31)17-5-4-15(25)10-20(17)36-24/h4-5,10,14,16,27,31H,2-3,7-9,11-13H2,1H3. The molecule has 37 heavy (non-hydrogen) atoms. The van der Waals surface area contributed by atoms with E-state index >= 15 is 0 Å². The summed E-state index contributed by atoms with van der Waals surface area (Å²) in [5.41, 5.74) is 1.29. The van der Waals surface area contributed by atoms with Gasteiger partial charge in [-0.05, 0) is 30.9 Å². The van der Waals surface area contributed by atoms with Crippen LogP contribution in [0.25, 0.3) is 10.1 Å². The smallest absolute Gasteiger partial charge is 0.283 e. The second-order valence-corrected chi connectivity index (χ2v) is 14.0. The van der Waals surface area contributed by atoms with Crippen LogP contribution in [0.4, 0.5) is 0 Å². The number of nitrogens with one attached hydrogen (secondary N) is 1. The minimum Gasteiger partial charge on any atom is -0.392 e. The molecule has 0 spiro atoms. The summed E-state index contributed by atoms with van der Waals surface area (Å²) in [6, 6.07) is 7.02. The number of aliphatic hydroxyl groups excluding tert-OH is 1. The van der Waals surface area contributed by atoms with Crippen LogP contribution in [-0.4, -0.2) is 65.3 Å². The normalized spacial score (nSPS) is 20.6. The number of amides is 1. The Hall–Kier alpha value is -2.11. The number of sulfonamides is 1. The number of fused-ring (bicyclic) bond motifs is 2. The van der Waals surface area contributed by atoms with Crippen LogP contribution in [0.3, 0.4) is 0 Å². The number of piperazine rings is 1. The predicted molar refractivity (Wildman–Crippen MR) is 143 cm³/mol. The number of aromatic nitrogens is 1. The molecule has 13 heteroatoms. The highest BCUT2D eigenvalue weighted by Crippen LogP contribution is 2.38. The van der Waals surface area contributed by atoms with Crippen molar-refractivity contribution in [3.05, 3.63) is 44.4 Å². The average molecular weight is 580 g/mol. The van der Waals surface area contributed by atoms with E-state index in [0.29, 0.717) is 44.7 Å². The number of carbonyl (C=O) groups excluding carboxylic acids is 1. The third kappa shape index (κ3) is 5.02. The van der Waals surface area contributed by atoms with Crippen molar-refractivity contribution < 1.29 is 18.3 Å². The van der Waals surface area contributed by atoms with Gasteiger partial charge in [-0.3, -0.25) is 4.79 Å². The van der Waals surface area contributed by atoms with Crippen LogP contribution in [0, 0.1) is 11.3 Å². The van der Waals surface area contributed by atoms with Crippen LogP contribution < -0.4 is 5.32 Å². The summed E-state index contributed by atoms with van der Waals surface area (Å²) in [6.45, 7) is 2.71. The lowest BCUT2D eigenvalue weighted by molar-refractivity contribution is 0.0552. The van der Waals surface area contributed by atoms with E-state index in [1.54, 1.807) is 23.1 Å². The summed E-state index contributed by atoms with van der Waals surface area (Å²) < 4.78 is 29.6. The van der Waals surface area contributed by atoms with Crippen LogP contribution >= 0.6 is 34.3 Å². The number of thiophene rings is 1. The summed E-state index contributed by atoms with van der Waals surface area (Å²) in [5.74, 6) is -0.223. The number of aliphatic hydroxyl groups is 1. The zero-order valence-corrected chi connectivity index (χ0v) is 23.3. The number of thiazole rings is 1. The monoisotopic (exact) mass is 579 g/mol. The van der Waals surface area contributed by atoms with Crippen molar-refractivity contribution in [2.24, 2.45) is 0 Å². The fourth-order valence-electron chi connectivity index (χ4n) is 4.89. The van der Waals surface area contributed by atoms with Gasteiger partial charge in [-0.15, -0.1) is 22.7 Å². The molecule has 1 fully saturated rings. The van der Waals surface area contributed by atoms with Gasteiger partial charge in [-0.2, -0.15) is 9.57 Å². The fourth-order valence-corrected chi connectivity index (χ4v) is 9.53. The van der Waals surface area contributed by atoms with Crippen molar-refractivity contribution in [2.45, 2.75) is 55.6 Å². The highest BCUT2D eigenvalue weighted by atomic mass is 35.5. The van der Waals surface area contributed by atoms with Gasteiger partial charge >= 0.3 is 0 Å². The number of hydrogen-bond acceptors (Lipinski definition) is 9. The molecule has 2 aliphatic rings. The van der Waals surface area contributed by atoms with E-state index in [-0.39, 0.29) is 36.2 Å². The van der Waals surface area contributed by atoms with Gasteiger partial charge in [0.15, 0.2) is 5.01 Å². The summed E-state index contributed by atoms with van der Waals surface area (Å²) in [4.78, 5) is 20.8. The maximum atomic E-state index is 13.8. The van der Waals surface area contributed by atoms with Crippen molar-refractivity contribution in [1.29, 1.82) is 5.26 Å². The Kier molecular flexibility index (Phi) is 7.57. The Labute approximate surface area is 228 Å². The number of nitriles is 1. The van der Waals surface area contributed by atoms with Crippen LogP contribution in [0.2, 0.25) is 5.02 Å². The van der Waals surface area contributed by atoms with Crippen molar-refractivity contribution in [1.82, 2.24) is 19.5 Å². The molecule has 9 nitrogen and oxygen atoms in total. The minimum atomic E-state index is -3.95. The second kappa shape index (κ2) is 10.6. The lowest BCUT2D eigenvalue weighted by atomic mass is 10.1. The van der Waals surface area contributed by atoms with Crippen molar-refractivity contribution >= 4 is 60.3 Å². The highest BCUT2D eigenvalue weighted by Gasteiger charge is 2.39. The molecule has 1 amide bonds.